The van der Waals surface area contributed by atoms with E-state index in [1.165, 1.54) is 7.11 Å². The summed E-state index contributed by atoms with van der Waals surface area (Å²) in [7, 11) is 1.48. The molecule has 0 unspecified atom stereocenters. The molecular formula is C15H16ClNO3. The molecule has 0 heterocycles. The van der Waals surface area contributed by atoms with Gasteiger partial charge in [-0.15, -0.1) is 0 Å². The van der Waals surface area contributed by atoms with Gasteiger partial charge in [0.1, 0.15) is 0 Å². The van der Waals surface area contributed by atoms with E-state index in [1.54, 1.807) is 12.1 Å². The molecule has 2 aromatic rings. The van der Waals surface area contributed by atoms with E-state index in [0.717, 1.165) is 11.3 Å². The number of benzene rings is 2. The molecule has 0 spiro atoms. The third-order valence-electron chi connectivity index (χ3n) is 3.00. The Balaban J connectivity index is 2.21. The molecule has 0 bridgehead atoms. The van der Waals surface area contributed by atoms with Crippen LogP contribution in [0.15, 0.2) is 36.4 Å². The minimum atomic E-state index is -0.0476. The van der Waals surface area contributed by atoms with Crippen molar-refractivity contribution in [2.75, 3.05) is 12.4 Å². The summed E-state index contributed by atoms with van der Waals surface area (Å²) >= 11 is 5.98. The molecule has 0 saturated heterocycles. The molecule has 3 N–H and O–H groups in total. The topological polar surface area (TPSA) is 61.7 Å². The number of aromatic hydroxyl groups is 1. The number of para-hydroxylation sites is 1. The summed E-state index contributed by atoms with van der Waals surface area (Å²) in [4.78, 5) is 0. The van der Waals surface area contributed by atoms with Crippen molar-refractivity contribution in [1.29, 1.82) is 0 Å². The van der Waals surface area contributed by atoms with Gasteiger partial charge in [0.15, 0.2) is 11.5 Å². The van der Waals surface area contributed by atoms with E-state index in [2.05, 4.69) is 5.32 Å². The van der Waals surface area contributed by atoms with E-state index in [0.29, 0.717) is 22.9 Å². The van der Waals surface area contributed by atoms with E-state index in [1.807, 2.05) is 24.3 Å². The van der Waals surface area contributed by atoms with Crippen molar-refractivity contribution in [2.45, 2.75) is 13.2 Å². The van der Waals surface area contributed by atoms with Gasteiger partial charge in [0, 0.05) is 34.4 Å². The van der Waals surface area contributed by atoms with Crippen LogP contribution in [-0.4, -0.2) is 17.3 Å². The predicted octanol–water partition coefficient (Wildman–Crippen LogP) is 3.16. The van der Waals surface area contributed by atoms with Crippen LogP contribution in [0.4, 0.5) is 5.69 Å². The van der Waals surface area contributed by atoms with E-state index in [9.17, 15) is 10.2 Å². The maximum atomic E-state index is 10.0. The Kier molecular flexibility index (Phi) is 4.71. The number of halogens is 1. The molecular weight excluding hydrogens is 278 g/mol. The Morgan fingerprint density at radius 2 is 1.95 bits per heavy atom. The van der Waals surface area contributed by atoms with Gasteiger partial charge in [0.2, 0.25) is 0 Å². The third kappa shape index (κ3) is 3.15. The lowest BCUT2D eigenvalue weighted by atomic mass is 10.1. The average molecular weight is 294 g/mol. The number of methoxy groups -OCH3 is 1. The first kappa shape index (κ1) is 14.5. The van der Waals surface area contributed by atoms with Crippen molar-refractivity contribution in [3.63, 3.8) is 0 Å². The summed E-state index contributed by atoms with van der Waals surface area (Å²) in [6, 6.07) is 10.7. The summed E-state index contributed by atoms with van der Waals surface area (Å²) in [6.45, 7) is 0.327. The first-order valence-corrected chi connectivity index (χ1v) is 6.51. The summed E-state index contributed by atoms with van der Waals surface area (Å²) in [5.41, 5.74) is 2.23. The van der Waals surface area contributed by atoms with E-state index < -0.39 is 0 Å². The molecule has 0 saturated carbocycles. The summed E-state index contributed by atoms with van der Waals surface area (Å²) in [5.74, 6) is 0.399. The second kappa shape index (κ2) is 6.50. The van der Waals surface area contributed by atoms with Crippen LogP contribution in [0.25, 0.3) is 0 Å². The molecule has 0 aromatic heterocycles. The smallest absolute Gasteiger partial charge is 0.162 e. The number of anilines is 1. The van der Waals surface area contributed by atoms with Gasteiger partial charge in [-0.25, -0.2) is 0 Å². The zero-order valence-corrected chi connectivity index (χ0v) is 11.8. The fourth-order valence-electron chi connectivity index (χ4n) is 1.94. The Bertz CT molecular complexity index is 602. The molecule has 5 heteroatoms. The molecule has 0 aliphatic carbocycles. The highest BCUT2D eigenvalue weighted by molar-refractivity contribution is 6.30. The fraction of sp³-hybridized carbons (Fsp3) is 0.200. The van der Waals surface area contributed by atoms with Crippen molar-refractivity contribution in [3.8, 4) is 11.5 Å². The normalized spacial score (nSPS) is 10.3. The van der Waals surface area contributed by atoms with Gasteiger partial charge in [-0.05, 0) is 12.1 Å². The van der Waals surface area contributed by atoms with Crippen molar-refractivity contribution in [1.82, 2.24) is 0 Å². The summed E-state index contributed by atoms with van der Waals surface area (Å²) < 4.78 is 5.06. The third-order valence-corrected chi connectivity index (χ3v) is 3.21. The van der Waals surface area contributed by atoms with Crippen LogP contribution >= 0.6 is 11.6 Å². The number of aliphatic hydroxyl groups excluding tert-OH is 1. The number of ether oxygens (including phenoxy) is 1. The van der Waals surface area contributed by atoms with Gasteiger partial charge >= 0.3 is 0 Å². The molecule has 4 nitrogen and oxygen atoms in total. The minimum absolute atomic E-state index is 0.0476. The van der Waals surface area contributed by atoms with E-state index in [4.69, 9.17) is 16.3 Å². The average Bonchev–Trinajstić information content (AvgIpc) is 2.48. The zero-order chi connectivity index (χ0) is 14.5. The number of nitrogens with one attached hydrogen (secondary N) is 1. The Morgan fingerprint density at radius 1 is 1.20 bits per heavy atom. The van der Waals surface area contributed by atoms with Crippen molar-refractivity contribution < 1.29 is 14.9 Å². The SMILES string of the molecule is COc1cc(Cl)cc(CNc2ccccc2CO)c1O. The van der Waals surface area contributed by atoms with Gasteiger partial charge in [-0.2, -0.15) is 0 Å². The predicted molar refractivity (Wildman–Crippen MR) is 79.4 cm³/mol. The highest BCUT2D eigenvalue weighted by Crippen LogP contribution is 2.33. The highest BCUT2D eigenvalue weighted by atomic mass is 35.5. The summed E-state index contributed by atoms with van der Waals surface area (Å²) in [5, 5.41) is 23.0. The van der Waals surface area contributed by atoms with E-state index in [-0.39, 0.29) is 12.4 Å². The number of hydrogen-bond donors (Lipinski definition) is 3. The maximum Gasteiger partial charge on any atom is 0.162 e. The quantitative estimate of drug-likeness (QED) is 0.792. The molecule has 20 heavy (non-hydrogen) atoms. The van der Waals surface area contributed by atoms with Crippen LogP contribution in [0.3, 0.4) is 0 Å². The molecule has 0 fully saturated rings. The molecule has 2 rings (SSSR count). The largest absolute Gasteiger partial charge is 0.504 e. The van der Waals surface area contributed by atoms with Gasteiger partial charge in [-0.3, -0.25) is 0 Å². The molecule has 0 atom stereocenters. The van der Waals surface area contributed by atoms with Crippen molar-refractivity contribution in [2.24, 2.45) is 0 Å². The molecule has 106 valence electrons. The highest BCUT2D eigenvalue weighted by Gasteiger charge is 2.10. The number of rotatable bonds is 5. The standard InChI is InChI=1S/C15H16ClNO3/c1-20-14-7-12(16)6-11(15(14)19)8-17-13-5-3-2-4-10(13)9-18/h2-7,17-19H,8-9H2,1H3. The molecule has 2 aromatic carbocycles. The molecule has 0 radical (unpaired) electrons. The molecule has 0 amide bonds. The number of aliphatic hydroxyl groups is 1. The molecule has 0 aliphatic rings. The van der Waals surface area contributed by atoms with Crippen LogP contribution < -0.4 is 10.1 Å². The number of hydrogen-bond acceptors (Lipinski definition) is 4. The number of phenolic OH excluding ortho intramolecular Hbond substituents is 1. The maximum absolute atomic E-state index is 10.0. The van der Waals surface area contributed by atoms with Crippen LogP contribution in [0.5, 0.6) is 11.5 Å². The molecule has 0 aliphatic heterocycles. The second-order valence-electron chi connectivity index (χ2n) is 4.28. The fourth-order valence-corrected chi connectivity index (χ4v) is 2.17. The Hall–Kier alpha value is -1.91. The lowest BCUT2D eigenvalue weighted by Gasteiger charge is -2.13. The lowest BCUT2D eigenvalue weighted by molar-refractivity contribution is 0.282. The van der Waals surface area contributed by atoms with Gasteiger partial charge in [0.05, 0.1) is 13.7 Å². The van der Waals surface area contributed by atoms with Gasteiger partial charge in [-0.1, -0.05) is 29.8 Å². The van der Waals surface area contributed by atoms with Crippen molar-refractivity contribution >= 4 is 17.3 Å². The Labute approximate surface area is 122 Å². The van der Waals surface area contributed by atoms with Gasteiger partial charge in [0.25, 0.3) is 0 Å². The lowest BCUT2D eigenvalue weighted by Crippen LogP contribution is -2.03. The summed E-state index contributed by atoms with van der Waals surface area (Å²) in [6.07, 6.45) is 0. The minimum Gasteiger partial charge on any atom is -0.504 e. The van der Waals surface area contributed by atoms with Crippen LogP contribution in [0.2, 0.25) is 5.02 Å². The van der Waals surface area contributed by atoms with Crippen LogP contribution in [0.1, 0.15) is 11.1 Å². The van der Waals surface area contributed by atoms with Crippen molar-refractivity contribution in [3.05, 3.63) is 52.5 Å². The Morgan fingerprint density at radius 3 is 2.65 bits per heavy atom. The van der Waals surface area contributed by atoms with Crippen LogP contribution in [-0.2, 0) is 13.2 Å². The van der Waals surface area contributed by atoms with Gasteiger partial charge < -0.3 is 20.3 Å². The first-order valence-electron chi connectivity index (χ1n) is 6.13. The number of phenols is 1. The second-order valence-corrected chi connectivity index (χ2v) is 4.72. The first-order chi connectivity index (χ1) is 9.65. The zero-order valence-electron chi connectivity index (χ0n) is 11.1. The van der Waals surface area contributed by atoms with E-state index >= 15 is 0 Å². The monoisotopic (exact) mass is 293 g/mol. The van der Waals surface area contributed by atoms with Crippen LogP contribution in [0, 0.1) is 0 Å².